The van der Waals surface area contributed by atoms with Gasteiger partial charge in [0.2, 0.25) is 0 Å². The fourth-order valence-corrected chi connectivity index (χ4v) is 2.90. The molecule has 0 aromatic carbocycles. The van der Waals surface area contributed by atoms with Gasteiger partial charge >= 0.3 is 0 Å². The average molecular weight is 192 g/mol. The molecule has 2 rings (SSSR count). The number of hydrogen-bond donors (Lipinski definition) is 2. The van der Waals surface area contributed by atoms with Crippen LogP contribution in [0.1, 0.15) is 36.6 Å². The van der Waals surface area contributed by atoms with Crippen molar-refractivity contribution in [2.24, 2.45) is 17.1 Å². The van der Waals surface area contributed by atoms with Crippen LogP contribution in [0, 0.1) is 25.2 Å². The summed E-state index contributed by atoms with van der Waals surface area (Å²) in [6.07, 6.45) is 2.10. The van der Waals surface area contributed by atoms with Crippen molar-refractivity contribution in [1.82, 2.24) is 4.98 Å². The molecule has 1 fully saturated rings. The van der Waals surface area contributed by atoms with Gasteiger partial charge < -0.3 is 10.7 Å². The number of rotatable bonds is 2. The first-order chi connectivity index (χ1) is 6.50. The molecule has 1 aromatic heterocycles. The molecule has 0 aliphatic heterocycles. The Kier molecular flexibility index (Phi) is 2.00. The lowest BCUT2D eigenvalue weighted by atomic mass is 10.0. The Hall–Kier alpha value is -0.760. The minimum Gasteiger partial charge on any atom is -0.365 e. The molecule has 0 radical (unpaired) electrons. The van der Waals surface area contributed by atoms with Crippen LogP contribution < -0.4 is 5.73 Å². The van der Waals surface area contributed by atoms with Gasteiger partial charge in [0, 0.05) is 11.9 Å². The highest BCUT2D eigenvalue weighted by molar-refractivity contribution is 5.40. The van der Waals surface area contributed by atoms with Gasteiger partial charge in [0.05, 0.1) is 0 Å². The van der Waals surface area contributed by atoms with E-state index in [-0.39, 0.29) is 0 Å². The molecule has 78 valence electrons. The summed E-state index contributed by atoms with van der Waals surface area (Å²) in [5.41, 5.74) is 10.4. The first kappa shape index (κ1) is 9.78. The maximum atomic E-state index is 5.80. The van der Waals surface area contributed by atoms with Gasteiger partial charge in [-0.1, -0.05) is 13.8 Å². The summed E-state index contributed by atoms with van der Waals surface area (Å²) in [6.45, 7) is 9.79. The van der Waals surface area contributed by atoms with Gasteiger partial charge in [-0.25, -0.2) is 0 Å². The van der Waals surface area contributed by atoms with Crippen LogP contribution >= 0.6 is 0 Å². The van der Waals surface area contributed by atoms with Crippen molar-refractivity contribution in [2.75, 3.05) is 6.54 Å². The van der Waals surface area contributed by atoms with Crippen LogP contribution in [-0.4, -0.2) is 11.5 Å². The van der Waals surface area contributed by atoms with Crippen LogP contribution in [0.5, 0.6) is 0 Å². The van der Waals surface area contributed by atoms with E-state index in [0.717, 1.165) is 6.54 Å². The van der Waals surface area contributed by atoms with E-state index in [1.807, 2.05) is 0 Å². The van der Waals surface area contributed by atoms with E-state index >= 15 is 0 Å². The van der Waals surface area contributed by atoms with E-state index in [1.54, 1.807) is 0 Å². The summed E-state index contributed by atoms with van der Waals surface area (Å²) in [7, 11) is 0. The smallest absolute Gasteiger partial charge is 0.0154 e. The number of hydrogen-bond acceptors (Lipinski definition) is 1. The van der Waals surface area contributed by atoms with E-state index in [4.69, 9.17) is 5.73 Å². The van der Waals surface area contributed by atoms with Crippen molar-refractivity contribution in [3.63, 3.8) is 0 Å². The summed E-state index contributed by atoms with van der Waals surface area (Å²) in [4.78, 5) is 3.30. The number of nitrogens with one attached hydrogen (secondary N) is 1. The minimum absolute atomic E-state index is 0.395. The monoisotopic (exact) mass is 192 g/mol. The molecule has 1 aliphatic carbocycles. The van der Waals surface area contributed by atoms with Gasteiger partial charge in [-0.05, 0) is 48.8 Å². The first-order valence-electron chi connectivity index (χ1n) is 5.34. The van der Waals surface area contributed by atoms with Crippen LogP contribution in [-0.2, 0) is 0 Å². The van der Waals surface area contributed by atoms with Gasteiger partial charge in [0.1, 0.15) is 0 Å². The number of H-pyrrole nitrogens is 1. The largest absolute Gasteiger partial charge is 0.365 e. The molecular weight excluding hydrogens is 172 g/mol. The first-order valence-corrected chi connectivity index (χ1v) is 5.34. The third-order valence-corrected chi connectivity index (χ3v) is 3.95. The van der Waals surface area contributed by atoms with Gasteiger partial charge in [0.15, 0.2) is 0 Å². The molecule has 14 heavy (non-hydrogen) atoms. The van der Waals surface area contributed by atoms with E-state index in [9.17, 15) is 0 Å². The lowest BCUT2D eigenvalue weighted by Crippen LogP contribution is -2.05. The van der Waals surface area contributed by atoms with E-state index in [2.05, 4.69) is 38.9 Å². The van der Waals surface area contributed by atoms with Crippen LogP contribution in [0.15, 0.2) is 6.20 Å². The van der Waals surface area contributed by atoms with E-state index < -0.39 is 0 Å². The van der Waals surface area contributed by atoms with Crippen LogP contribution in [0.2, 0.25) is 0 Å². The van der Waals surface area contributed by atoms with Crippen LogP contribution in [0.3, 0.4) is 0 Å². The fraction of sp³-hybridized carbons (Fsp3) is 0.667. The SMILES string of the molecule is Cc1c[nH]c(C)c1[C@@H]1[C@@H](CN)C1(C)C. The van der Waals surface area contributed by atoms with Crippen molar-refractivity contribution in [3.8, 4) is 0 Å². The highest BCUT2D eigenvalue weighted by Crippen LogP contribution is 2.64. The normalized spacial score (nSPS) is 29.2. The zero-order chi connectivity index (χ0) is 10.5. The molecule has 0 spiro atoms. The molecule has 0 bridgehead atoms. The van der Waals surface area contributed by atoms with Gasteiger partial charge in [-0.2, -0.15) is 0 Å². The molecule has 1 heterocycles. The highest BCUT2D eigenvalue weighted by Gasteiger charge is 2.58. The fourth-order valence-electron chi connectivity index (χ4n) is 2.90. The Bertz CT molecular complexity index is 330. The summed E-state index contributed by atoms with van der Waals surface area (Å²) < 4.78 is 0. The number of aryl methyl sites for hydroxylation is 2. The number of aromatic nitrogens is 1. The third kappa shape index (κ3) is 1.13. The summed E-state index contributed by atoms with van der Waals surface area (Å²) >= 11 is 0. The van der Waals surface area contributed by atoms with E-state index in [0.29, 0.717) is 17.3 Å². The van der Waals surface area contributed by atoms with Crippen molar-refractivity contribution < 1.29 is 0 Å². The van der Waals surface area contributed by atoms with Crippen molar-refractivity contribution >= 4 is 0 Å². The number of aromatic amines is 1. The predicted molar refractivity (Wildman–Crippen MR) is 59.3 cm³/mol. The highest BCUT2D eigenvalue weighted by atomic mass is 14.8. The Labute approximate surface area is 85.9 Å². The lowest BCUT2D eigenvalue weighted by Gasteiger charge is -2.03. The molecule has 0 unspecified atom stereocenters. The van der Waals surface area contributed by atoms with Gasteiger partial charge in [0.25, 0.3) is 0 Å². The molecule has 2 heteroatoms. The minimum atomic E-state index is 0.395. The van der Waals surface area contributed by atoms with E-state index in [1.165, 1.54) is 16.8 Å². The van der Waals surface area contributed by atoms with Gasteiger partial charge in [-0.15, -0.1) is 0 Å². The summed E-state index contributed by atoms with van der Waals surface area (Å²) in [5, 5.41) is 0. The number of nitrogens with two attached hydrogens (primary N) is 1. The van der Waals surface area contributed by atoms with Crippen molar-refractivity contribution in [3.05, 3.63) is 23.0 Å². The molecule has 3 N–H and O–H groups in total. The molecule has 1 aromatic rings. The van der Waals surface area contributed by atoms with Crippen molar-refractivity contribution in [2.45, 2.75) is 33.6 Å². The second-order valence-electron chi connectivity index (χ2n) is 5.15. The van der Waals surface area contributed by atoms with Crippen LogP contribution in [0.4, 0.5) is 0 Å². The molecule has 1 saturated carbocycles. The Morgan fingerprint density at radius 3 is 2.43 bits per heavy atom. The molecular formula is C12H20N2. The molecule has 2 nitrogen and oxygen atoms in total. The molecule has 0 saturated heterocycles. The Morgan fingerprint density at radius 2 is 2.07 bits per heavy atom. The predicted octanol–water partition coefficient (Wildman–Crippen LogP) is 2.33. The molecule has 1 aliphatic rings. The zero-order valence-electron chi connectivity index (χ0n) is 9.52. The second kappa shape index (κ2) is 2.86. The average Bonchev–Trinajstić information content (AvgIpc) is 2.48. The molecule has 0 amide bonds. The Morgan fingerprint density at radius 1 is 1.43 bits per heavy atom. The topological polar surface area (TPSA) is 41.8 Å². The zero-order valence-corrected chi connectivity index (χ0v) is 9.52. The molecule has 2 atom stereocenters. The Balaban J connectivity index is 2.35. The third-order valence-electron chi connectivity index (χ3n) is 3.95. The second-order valence-corrected chi connectivity index (χ2v) is 5.15. The van der Waals surface area contributed by atoms with Crippen molar-refractivity contribution in [1.29, 1.82) is 0 Å². The quantitative estimate of drug-likeness (QED) is 0.742. The van der Waals surface area contributed by atoms with Crippen LogP contribution in [0.25, 0.3) is 0 Å². The standard InChI is InChI=1S/C12H20N2/c1-7-6-14-8(2)10(7)11-9(5-13)12(11,3)4/h6,9,11,14H,5,13H2,1-4H3/t9-,11+/m1/s1. The van der Waals surface area contributed by atoms with Gasteiger partial charge in [-0.3, -0.25) is 0 Å². The maximum absolute atomic E-state index is 5.80. The lowest BCUT2D eigenvalue weighted by molar-refractivity contribution is 0.558. The summed E-state index contributed by atoms with van der Waals surface area (Å²) in [6, 6.07) is 0. The summed E-state index contributed by atoms with van der Waals surface area (Å²) in [5.74, 6) is 1.33. The maximum Gasteiger partial charge on any atom is 0.0154 e.